The summed E-state index contributed by atoms with van der Waals surface area (Å²) < 4.78 is 1.16. The molecule has 0 aliphatic heterocycles. The third-order valence-corrected chi connectivity index (χ3v) is 6.55. The Kier molecular flexibility index (Phi) is 5.98. The standard InChI is InChI=1S/C20H28BrNO2/c21-17-6-4-5-16(13-17)20(11-2-1-3-12-20)14-22-18-9-7-15(8-10-18)19(23)24/h4-6,13,15,18,22H,1-3,7-12,14H2,(H,23,24). The van der Waals surface area contributed by atoms with E-state index in [4.69, 9.17) is 5.11 Å². The Hall–Kier alpha value is -0.870. The smallest absolute Gasteiger partial charge is 0.306 e. The Bertz CT molecular complexity index is 561. The summed E-state index contributed by atoms with van der Waals surface area (Å²) in [4.78, 5) is 11.1. The summed E-state index contributed by atoms with van der Waals surface area (Å²) in [5.41, 5.74) is 1.69. The van der Waals surface area contributed by atoms with E-state index >= 15 is 0 Å². The van der Waals surface area contributed by atoms with Gasteiger partial charge in [-0.2, -0.15) is 0 Å². The van der Waals surface area contributed by atoms with Crippen molar-refractivity contribution in [1.29, 1.82) is 0 Å². The van der Waals surface area contributed by atoms with Gasteiger partial charge < -0.3 is 10.4 Å². The van der Waals surface area contributed by atoms with E-state index < -0.39 is 5.97 Å². The minimum absolute atomic E-state index is 0.128. The lowest BCUT2D eigenvalue weighted by Crippen LogP contribution is -2.45. The van der Waals surface area contributed by atoms with Crippen molar-refractivity contribution in [3.05, 3.63) is 34.3 Å². The van der Waals surface area contributed by atoms with Gasteiger partial charge in [-0.3, -0.25) is 4.79 Å². The van der Waals surface area contributed by atoms with E-state index in [-0.39, 0.29) is 11.3 Å². The average molecular weight is 394 g/mol. The van der Waals surface area contributed by atoms with Gasteiger partial charge in [-0.1, -0.05) is 47.3 Å². The van der Waals surface area contributed by atoms with Gasteiger partial charge in [-0.05, 0) is 56.2 Å². The molecule has 4 heteroatoms. The number of nitrogens with one attached hydrogen (secondary N) is 1. The Morgan fingerprint density at radius 2 is 1.88 bits per heavy atom. The third kappa shape index (κ3) is 4.20. The van der Waals surface area contributed by atoms with Crippen molar-refractivity contribution < 1.29 is 9.90 Å². The zero-order valence-corrected chi connectivity index (χ0v) is 15.9. The summed E-state index contributed by atoms with van der Waals surface area (Å²) in [6.07, 6.45) is 10.1. The molecule has 2 fully saturated rings. The highest BCUT2D eigenvalue weighted by Crippen LogP contribution is 2.40. The van der Waals surface area contributed by atoms with Crippen molar-refractivity contribution in [1.82, 2.24) is 5.32 Å². The van der Waals surface area contributed by atoms with Gasteiger partial charge in [0, 0.05) is 22.5 Å². The molecule has 3 nitrogen and oxygen atoms in total. The highest BCUT2D eigenvalue weighted by atomic mass is 79.9. The van der Waals surface area contributed by atoms with Crippen molar-refractivity contribution in [3.63, 3.8) is 0 Å². The highest BCUT2D eigenvalue weighted by molar-refractivity contribution is 9.10. The zero-order valence-electron chi connectivity index (χ0n) is 14.3. The highest BCUT2D eigenvalue weighted by Gasteiger charge is 2.35. The second kappa shape index (κ2) is 8.01. The number of hydrogen-bond donors (Lipinski definition) is 2. The number of halogens is 1. The molecule has 0 atom stereocenters. The maximum atomic E-state index is 11.1. The summed E-state index contributed by atoms with van der Waals surface area (Å²) in [5, 5.41) is 13.0. The SMILES string of the molecule is O=C(O)C1CCC(NCC2(c3cccc(Br)c3)CCCCC2)CC1. The van der Waals surface area contributed by atoms with Gasteiger partial charge in [-0.25, -0.2) is 0 Å². The minimum Gasteiger partial charge on any atom is -0.481 e. The Labute approximate surface area is 153 Å². The van der Waals surface area contributed by atoms with Crippen LogP contribution in [-0.4, -0.2) is 23.7 Å². The first-order chi connectivity index (χ1) is 11.6. The molecule has 0 unspecified atom stereocenters. The van der Waals surface area contributed by atoms with Crippen molar-refractivity contribution in [2.24, 2.45) is 5.92 Å². The number of hydrogen-bond acceptors (Lipinski definition) is 2. The molecule has 2 saturated carbocycles. The third-order valence-electron chi connectivity index (χ3n) is 6.05. The van der Waals surface area contributed by atoms with Crippen LogP contribution >= 0.6 is 15.9 Å². The van der Waals surface area contributed by atoms with E-state index in [2.05, 4.69) is 45.5 Å². The van der Waals surface area contributed by atoms with Crippen LogP contribution in [0, 0.1) is 5.92 Å². The van der Waals surface area contributed by atoms with Crippen LogP contribution in [0.1, 0.15) is 63.4 Å². The fraction of sp³-hybridized carbons (Fsp3) is 0.650. The zero-order chi connectivity index (χ0) is 17.0. The summed E-state index contributed by atoms with van der Waals surface area (Å²) in [6, 6.07) is 9.29. The van der Waals surface area contributed by atoms with Gasteiger partial charge in [0.15, 0.2) is 0 Å². The molecule has 0 radical (unpaired) electrons. The first-order valence-electron chi connectivity index (χ1n) is 9.31. The van der Waals surface area contributed by atoms with Crippen LogP contribution in [0.4, 0.5) is 0 Å². The van der Waals surface area contributed by atoms with Crippen molar-refractivity contribution >= 4 is 21.9 Å². The van der Waals surface area contributed by atoms with E-state index in [0.29, 0.717) is 6.04 Å². The summed E-state index contributed by atoms with van der Waals surface area (Å²) in [6.45, 7) is 1.02. The van der Waals surface area contributed by atoms with Crippen LogP contribution in [0.2, 0.25) is 0 Å². The maximum absolute atomic E-state index is 11.1. The van der Waals surface area contributed by atoms with Gasteiger partial charge in [0.25, 0.3) is 0 Å². The molecule has 24 heavy (non-hydrogen) atoms. The van der Waals surface area contributed by atoms with Crippen LogP contribution in [0.25, 0.3) is 0 Å². The molecule has 3 rings (SSSR count). The second-order valence-corrected chi connectivity index (χ2v) is 8.53. The number of aliphatic carboxylic acids is 1. The predicted molar refractivity (Wildman–Crippen MR) is 100 cm³/mol. The molecule has 1 aromatic carbocycles. The molecule has 2 N–H and O–H groups in total. The lowest BCUT2D eigenvalue weighted by Gasteiger charge is -2.40. The molecule has 0 bridgehead atoms. The van der Waals surface area contributed by atoms with Gasteiger partial charge >= 0.3 is 5.97 Å². The monoisotopic (exact) mass is 393 g/mol. The van der Waals surface area contributed by atoms with E-state index in [9.17, 15) is 4.79 Å². The van der Waals surface area contributed by atoms with Crippen molar-refractivity contribution in [2.75, 3.05) is 6.54 Å². The predicted octanol–water partition coefficient (Wildman–Crippen LogP) is 4.88. The van der Waals surface area contributed by atoms with Crippen molar-refractivity contribution in [3.8, 4) is 0 Å². The molecule has 0 amide bonds. The second-order valence-electron chi connectivity index (χ2n) is 7.62. The van der Waals surface area contributed by atoms with Gasteiger partial charge in [-0.15, -0.1) is 0 Å². The van der Waals surface area contributed by atoms with Crippen LogP contribution in [0.5, 0.6) is 0 Å². The van der Waals surface area contributed by atoms with E-state index in [1.807, 2.05) is 0 Å². The van der Waals surface area contributed by atoms with Crippen LogP contribution in [-0.2, 0) is 10.2 Å². The van der Waals surface area contributed by atoms with Crippen LogP contribution in [0.15, 0.2) is 28.7 Å². The van der Waals surface area contributed by atoms with Gasteiger partial charge in [0.2, 0.25) is 0 Å². The fourth-order valence-corrected chi connectivity index (χ4v) is 4.90. The summed E-state index contributed by atoms with van der Waals surface area (Å²) in [7, 11) is 0. The molecule has 0 aromatic heterocycles. The molecular formula is C20H28BrNO2. The van der Waals surface area contributed by atoms with Crippen LogP contribution < -0.4 is 5.32 Å². The Morgan fingerprint density at radius 1 is 1.17 bits per heavy atom. The molecule has 0 heterocycles. The topological polar surface area (TPSA) is 49.3 Å². The fourth-order valence-electron chi connectivity index (χ4n) is 4.50. The quantitative estimate of drug-likeness (QED) is 0.748. The molecule has 0 saturated heterocycles. The van der Waals surface area contributed by atoms with E-state index in [1.165, 1.54) is 37.7 Å². The van der Waals surface area contributed by atoms with E-state index in [0.717, 1.165) is 36.7 Å². The number of carboxylic acids is 1. The molecule has 1 aromatic rings. The summed E-state index contributed by atoms with van der Waals surface area (Å²) >= 11 is 3.62. The lowest BCUT2D eigenvalue weighted by molar-refractivity contribution is -0.142. The molecule has 132 valence electrons. The van der Waals surface area contributed by atoms with Gasteiger partial charge in [0.05, 0.1) is 5.92 Å². The molecule has 2 aliphatic carbocycles. The molecular weight excluding hydrogens is 366 g/mol. The normalized spacial score (nSPS) is 26.9. The Balaban J connectivity index is 1.64. The summed E-state index contributed by atoms with van der Waals surface area (Å²) in [5.74, 6) is -0.747. The number of benzene rings is 1. The minimum atomic E-state index is -0.619. The van der Waals surface area contributed by atoms with Gasteiger partial charge in [0.1, 0.15) is 0 Å². The average Bonchev–Trinajstić information content (AvgIpc) is 2.61. The van der Waals surface area contributed by atoms with Crippen LogP contribution in [0.3, 0.4) is 0 Å². The number of rotatable bonds is 5. The maximum Gasteiger partial charge on any atom is 0.306 e. The molecule has 2 aliphatic rings. The Morgan fingerprint density at radius 3 is 2.50 bits per heavy atom. The number of carboxylic acid groups (broad SMARTS) is 1. The van der Waals surface area contributed by atoms with Crippen molar-refractivity contribution in [2.45, 2.75) is 69.2 Å². The lowest BCUT2D eigenvalue weighted by atomic mass is 9.69. The molecule has 0 spiro atoms. The number of carbonyl (C=O) groups is 1. The first kappa shape index (κ1) is 17.9. The largest absolute Gasteiger partial charge is 0.481 e. The first-order valence-corrected chi connectivity index (χ1v) is 10.1. The van der Waals surface area contributed by atoms with E-state index in [1.54, 1.807) is 0 Å².